The predicted molar refractivity (Wildman–Crippen MR) is 345 cm³/mol. The van der Waals surface area contributed by atoms with Gasteiger partial charge in [-0.1, -0.05) is 114 Å². The second-order valence-corrected chi connectivity index (χ2v) is 24.6. The molecular formula is C70H60I2N6. The number of halogens is 2. The molecule has 0 radical (unpaired) electrons. The average Bonchev–Trinajstić information content (AvgIpc) is 4.28. The summed E-state index contributed by atoms with van der Waals surface area (Å²) in [7, 11) is 0. The Bertz CT molecular complexity index is 4450. The van der Waals surface area contributed by atoms with Crippen molar-refractivity contribution in [1.82, 2.24) is 28.7 Å². The van der Waals surface area contributed by atoms with E-state index >= 15 is 0 Å². The van der Waals surface area contributed by atoms with Crippen LogP contribution in [0.5, 0.6) is 0 Å². The summed E-state index contributed by atoms with van der Waals surface area (Å²) in [6.07, 6.45) is 6.73. The fraction of sp³-hybridized carbons (Fsp3) is 0.186. The van der Waals surface area contributed by atoms with Gasteiger partial charge >= 0.3 is 0 Å². The first-order chi connectivity index (χ1) is 37.9. The van der Waals surface area contributed by atoms with Crippen LogP contribution in [-0.4, -0.2) is 28.7 Å². The normalized spacial score (nSPS) is 12.2. The van der Waals surface area contributed by atoms with Crippen LogP contribution >= 0.6 is 45.2 Å². The zero-order valence-electron chi connectivity index (χ0n) is 45.0. The van der Waals surface area contributed by atoms with Crippen LogP contribution in [0.4, 0.5) is 0 Å². The fourth-order valence-electron chi connectivity index (χ4n) is 11.9. The van der Waals surface area contributed by atoms with Gasteiger partial charge in [0.05, 0.1) is 50.2 Å². The Hall–Kier alpha value is -7.15. The van der Waals surface area contributed by atoms with Crippen molar-refractivity contribution in [3.05, 3.63) is 211 Å². The van der Waals surface area contributed by atoms with Gasteiger partial charge in [-0.25, -0.2) is 15.0 Å². The summed E-state index contributed by atoms with van der Waals surface area (Å²) in [4.78, 5) is 17.0. The van der Waals surface area contributed by atoms with Crippen molar-refractivity contribution in [1.29, 1.82) is 0 Å². The molecule has 0 atom stereocenters. The number of para-hydroxylation sites is 3. The number of benzene rings is 9. The molecule has 8 heteroatoms. The third kappa shape index (κ3) is 8.79. The summed E-state index contributed by atoms with van der Waals surface area (Å²) in [5.74, 6) is 1.79. The molecule has 0 saturated carbocycles. The maximum atomic E-state index is 5.67. The first-order valence-electron chi connectivity index (χ1n) is 27.5. The molecule has 0 N–H and O–H groups in total. The van der Waals surface area contributed by atoms with Crippen LogP contribution in [0.2, 0.25) is 0 Å². The van der Waals surface area contributed by atoms with E-state index in [4.69, 9.17) is 15.0 Å². The summed E-state index contributed by atoms with van der Waals surface area (Å²) in [6.45, 7) is 13.6. The molecule has 0 bridgehead atoms. The maximum absolute atomic E-state index is 5.67. The Labute approximate surface area is 483 Å². The van der Waals surface area contributed by atoms with Crippen LogP contribution in [-0.2, 0) is 18.3 Å². The van der Waals surface area contributed by atoms with Gasteiger partial charge in [0.2, 0.25) is 0 Å². The average molecular weight is 1240 g/mol. The topological polar surface area (TPSA) is 53.5 Å². The second-order valence-electron chi connectivity index (χ2n) is 22.1. The van der Waals surface area contributed by atoms with Crippen molar-refractivity contribution in [2.45, 2.75) is 85.5 Å². The Morgan fingerprint density at radius 3 is 1.14 bits per heavy atom. The number of fused-ring (bicyclic) bond motifs is 9. The molecule has 0 aliphatic carbocycles. The van der Waals surface area contributed by atoms with Crippen molar-refractivity contribution >= 4 is 111 Å². The van der Waals surface area contributed by atoms with E-state index in [-0.39, 0.29) is 5.41 Å². The van der Waals surface area contributed by atoms with E-state index in [1.807, 2.05) is 0 Å². The standard InChI is InChI=1S/C70H60I2N6/c1-7-9-17-44-26-32-62-53(38-44)52-37-43(3)25-31-61(52)76(62)58-22-14-11-19-49(58)67-73-68(75-69(74-67)51-21-13-16-24-60(51)78-65-35-29-47(71)41-56(65)57-42-48(72)30-36-66(57)78)50-20-12-15-23-59(50)77-63-33-27-45(18-10-8-2)39-54(63)55-40-46(70(4,5)6)28-34-64(55)77/h11-16,19-42H,7-10,17-18H2,1-6H3. The SMILES string of the molecule is CCCCc1ccc2c(c1)c1cc(C)ccc1n2-c1ccccc1-c1nc(-c2ccccc2-n2c3ccc(I)cc3c3cc(I)ccc32)nc(-c2ccccc2-n2c3ccc(CCCC)cc3c3cc(C(C)(C)C)ccc32)n1. The monoisotopic (exact) mass is 1240 g/mol. The van der Waals surface area contributed by atoms with Gasteiger partial charge in [0.15, 0.2) is 17.5 Å². The van der Waals surface area contributed by atoms with Gasteiger partial charge < -0.3 is 13.7 Å². The van der Waals surface area contributed by atoms with Crippen molar-refractivity contribution in [2.24, 2.45) is 0 Å². The number of unbranched alkanes of at least 4 members (excludes halogenated alkanes) is 2. The molecule has 9 aromatic carbocycles. The first-order valence-corrected chi connectivity index (χ1v) is 29.7. The van der Waals surface area contributed by atoms with Crippen molar-refractivity contribution < 1.29 is 0 Å². The van der Waals surface area contributed by atoms with Crippen LogP contribution in [0.1, 0.15) is 82.6 Å². The molecule has 13 rings (SSSR count). The quantitative estimate of drug-likeness (QED) is 0.115. The molecular weight excluding hydrogens is 1180 g/mol. The van der Waals surface area contributed by atoms with E-state index in [1.165, 1.54) is 61.7 Å². The molecule has 0 aliphatic rings. The van der Waals surface area contributed by atoms with Gasteiger partial charge in [-0.05, 0) is 221 Å². The zero-order chi connectivity index (χ0) is 53.4. The molecule has 4 heterocycles. The molecule has 0 aliphatic heterocycles. The van der Waals surface area contributed by atoms with Crippen LogP contribution in [0.25, 0.3) is 117 Å². The van der Waals surface area contributed by atoms with Crippen molar-refractivity contribution in [3.8, 4) is 51.2 Å². The predicted octanol–water partition coefficient (Wildman–Crippen LogP) is 19.7. The van der Waals surface area contributed by atoms with Crippen LogP contribution in [0, 0.1) is 14.1 Å². The lowest BCUT2D eigenvalue weighted by molar-refractivity contribution is 0.591. The summed E-state index contributed by atoms with van der Waals surface area (Å²) < 4.78 is 9.65. The largest absolute Gasteiger partial charge is 0.309 e. The number of aryl methyl sites for hydroxylation is 3. The molecule has 0 saturated heterocycles. The second kappa shape index (κ2) is 20.3. The lowest BCUT2D eigenvalue weighted by Gasteiger charge is -2.19. The highest BCUT2D eigenvalue weighted by Crippen LogP contribution is 2.43. The molecule has 0 unspecified atom stereocenters. The highest BCUT2D eigenvalue weighted by atomic mass is 127. The van der Waals surface area contributed by atoms with Gasteiger partial charge in [-0.2, -0.15) is 0 Å². The number of rotatable bonds is 12. The van der Waals surface area contributed by atoms with E-state index in [2.05, 4.69) is 282 Å². The zero-order valence-corrected chi connectivity index (χ0v) is 49.3. The molecule has 6 nitrogen and oxygen atoms in total. The Morgan fingerprint density at radius 1 is 0.385 bits per heavy atom. The van der Waals surface area contributed by atoms with Crippen molar-refractivity contribution in [2.75, 3.05) is 0 Å². The molecule has 0 fully saturated rings. The third-order valence-corrected chi connectivity index (χ3v) is 17.1. The van der Waals surface area contributed by atoms with Gasteiger partial charge in [-0.15, -0.1) is 0 Å². The van der Waals surface area contributed by atoms with Crippen LogP contribution in [0.15, 0.2) is 182 Å². The van der Waals surface area contributed by atoms with E-state index in [0.29, 0.717) is 17.5 Å². The molecule has 0 spiro atoms. The lowest BCUT2D eigenvalue weighted by Crippen LogP contribution is -2.10. The van der Waals surface area contributed by atoms with Crippen molar-refractivity contribution in [3.63, 3.8) is 0 Å². The van der Waals surface area contributed by atoms with E-state index < -0.39 is 0 Å². The Morgan fingerprint density at radius 2 is 0.731 bits per heavy atom. The molecule has 0 amide bonds. The summed E-state index contributed by atoms with van der Waals surface area (Å²) in [5.41, 5.74) is 17.9. The minimum atomic E-state index is -0.0171. The number of nitrogens with zero attached hydrogens (tertiary/aromatic N) is 6. The Kier molecular flexibility index (Phi) is 13.1. The number of hydrogen-bond donors (Lipinski definition) is 0. The first kappa shape index (κ1) is 50.4. The van der Waals surface area contributed by atoms with Crippen LogP contribution < -0.4 is 0 Å². The van der Waals surface area contributed by atoms with E-state index in [9.17, 15) is 0 Å². The van der Waals surface area contributed by atoms with E-state index in [0.717, 1.165) is 105 Å². The van der Waals surface area contributed by atoms with Gasteiger partial charge in [0.25, 0.3) is 0 Å². The summed E-state index contributed by atoms with van der Waals surface area (Å²) in [6, 6.07) is 67.5. The highest BCUT2D eigenvalue weighted by Gasteiger charge is 2.25. The minimum Gasteiger partial charge on any atom is -0.309 e. The summed E-state index contributed by atoms with van der Waals surface area (Å²) >= 11 is 4.87. The highest BCUT2D eigenvalue weighted by molar-refractivity contribution is 14.1. The number of aromatic nitrogens is 6. The number of hydrogen-bond acceptors (Lipinski definition) is 3. The molecule has 384 valence electrons. The smallest absolute Gasteiger partial charge is 0.166 e. The van der Waals surface area contributed by atoms with Gasteiger partial charge in [0, 0.05) is 56.1 Å². The van der Waals surface area contributed by atoms with Gasteiger partial charge in [-0.3, -0.25) is 0 Å². The van der Waals surface area contributed by atoms with E-state index in [1.54, 1.807) is 0 Å². The molecule has 4 aromatic heterocycles. The van der Waals surface area contributed by atoms with Crippen LogP contribution in [0.3, 0.4) is 0 Å². The summed E-state index contributed by atoms with van der Waals surface area (Å²) in [5, 5.41) is 7.43. The third-order valence-electron chi connectivity index (χ3n) is 15.8. The van der Waals surface area contributed by atoms with Gasteiger partial charge in [0.1, 0.15) is 0 Å². The lowest BCUT2D eigenvalue weighted by atomic mass is 9.86. The maximum Gasteiger partial charge on any atom is 0.166 e. The molecule has 13 aromatic rings. The minimum absolute atomic E-state index is 0.0171. The fourth-order valence-corrected chi connectivity index (χ4v) is 12.8. The Balaban J connectivity index is 1.09. The molecule has 78 heavy (non-hydrogen) atoms.